The lowest BCUT2D eigenvalue weighted by atomic mass is 10.2. The monoisotopic (exact) mass is 330 g/mol. The highest BCUT2D eigenvalue weighted by Gasteiger charge is 2.12. The first-order chi connectivity index (χ1) is 11.7. The van der Waals surface area contributed by atoms with E-state index in [4.69, 9.17) is 19.3 Å². The molecule has 0 aliphatic carbocycles. The minimum Gasteiger partial charge on any atom is -0.480 e. The molecular formula is C19H22O5. The average molecular weight is 330 g/mol. The number of carboxylic acids is 1. The molecule has 0 aliphatic rings. The van der Waals surface area contributed by atoms with Crippen molar-refractivity contribution >= 4 is 5.97 Å². The molecule has 0 heterocycles. The maximum atomic E-state index is 10.7. The van der Waals surface area contributed by atoms with Gasteiger partial charge in [-0.05, 0) is 11.1 Å². The molecule has 5 heteroatoms. The van der Waals surface area contributed by atoms with E-state index >= 15 is 0 Å². The summed E-state index contributed by atoms with van der Waals surface area (Å²) in [6.45, 7) is 1.08. The number of ether oxygens (including phenoxy) is 3. The van der Waals surface area contributed by atoms with Crippen molar-refractivity contribution in [1.29, 1.82) is 0 Å². The molecule has 2 aromatic rings. The van der Waals surface area contributed by atoms with E-state index in [0.717, 1.165) is 11.1 Å². The molecule has 0 atom stereocenters. The highest BCUT2D eigenvalue weighted by molar-refractivity contribution is 5.68. The van der Waals surface area contributed by atoms with E-state index in [0.29, 0.717) is 13.2 Å². The van der Waals surface area contributed by atoms with E-state index < -0.39 is 12.1 Å². The van der Waals surface area contributed by atoms with Crippen LogP contribution in [0, 0.1) is 0 Å². The molecule has 0 unspecified atom stereocenters. The van der Waals surface area contributed by atoms with Crippen molar-refractivity contribution in [3.8, 4) is 0 Å². The molecule has 0 saturated carbocycles. The molecule has 0 aliphatic heterocycles. The van der Waals surface area contributed by atoms with Crippen LogP contribution in [0.1, 0.15) is 11.1 Å². The lowest BCUT2D eigenvalue weighted by Crippen LogP contribution is -2.28. The number of benzene rings is 2. The zero-order valence-electron chi connectivity index (χ0n) is 13.5. The molecule has 0 bridgehead atoms. The summed E-state index contributed by atoms with van der Waals surface area (Å²) < 4.78 is 16.6. The van der Waals surface area contributed by atoms with Gasteiger partial charge in [0, 0.05) is 0 Å². The lowest BCUT2D eigenvalue weighted by molar-refractivity contribution is -0.148. The number of carbonyl (C=O) groups is 1. The predicted molar refractivity (Wildman–Crippen MR) is 89.6 cm³/mol. The Hall–Kier alpha value is -2.21. The van der Waals surface area contributed by atoms with E-state index in [9.17, 15) is 4.79 Å². The van der Waals surface area contributed by atoms with Gasteiger partial charge in [0.15, 0.2) is 0 Å². The van der Waals surface area contributed by atoms with Crippen LogP contribution in [0.5, 0.6) is 0 Å². The van der Waals surface area contributed by atoms with Gasteiger partial charge < -0.3 is 19.3 Å². The molecule has 128 valence electrons. The summed E-state index contributed by atoms with van der Waals surface area (Å²) in [4.78, 5) is 10.7. The fourth-order valence-electron chi connectivity index (χ4n) is 2.10. The minimum absolute atomic E-state index is 0.275. The third-order valence-electron chi connectivity index (χ3n) is 3.27. The highest BCUT2D eigenvalue weighted by Crippen LogP contribution is 2.05. The maximum absolute atomic E-state index is 10.7. The fraction of sp³-hybridized carbons (Fsp3) is 0.316. The van der Waals surface area contributed by atoms with Gasteiger partial charge in [-0.25, -0.2) is 4.79 Å². The van der Waals surface area contributed by atoms with Crippen molar-refractivity contribution in [3.05, 3.63) is 71.8 Å². The minimum atomic E-state index is -1.01. The number of carboxylic acid groups (broad SMARTS) is 1. The quantitative estimate of drug-likeness (QED) is 0.686. The van der Waals surface area contributed by atoms with Crippen LogP contribution >= 0.6 is 0 Å². The van der Waals surface area contributed by atoms with E-state index in [2.05, 4.69) is 0 Å². The Morgan fingerprint density at radius 1 is 0.833 bits per heavy atom. The van der Waals surface area contributed by atoms with Gasteiger partial charge in [-0.15, -0.1) is 0 Å². The van der Waals surface area contributed by atoms with E-state index in [1.165, 1.54) is 0 Å². The lowest BCUT2D eigenvalue weighted by Gasteiger charge is -2.17. The summed E-state index contributed by atoms with van der Waals surface area (Å²) in [6, 6.07) is 19.6. The van der Waals surface area contributed by atoms with Gasteiger partial charge in [0.1, 0.15) is 12.7 Å². The van der Waals surface area contributed by atoms with E-state index in [1.807, 2.05) is 60.7 Å². The molecule has 5 nitrogen and oxygen atoms in total. The van der Waals surface area contributed by atoms with Crippen LogP contribution in [0.15, 0.2) is 60.7 Å². The van der Waals surface area contributed by atoms with Gasteiger partial charge in [-0.2, -0.15) is 0 Å². The summed E-state index contributed by atoms with van der Waals surface area (Å²) in [7, 11) is 0. The van der Waals surface area contributed by atoms with Gasteiger partial charge >= 0.3 is 5.97 Å². The van der Waals surface area contributed by atoms with Gasteiger partial charge in [0.25, 0.3) is 0 Å². The van der Waals surface area contributed by atoms with Gasteiger partial charge in [-0.3, -0.25) is 0 Å². The van der Waals surface area contributed by atoms with Crippen molar-refractivity contribution in [2.45, 2.75) is 19.3 Å². The zero-order valence-corrected chi connectivity index (χ0v) is 13.5. The number of rotatable bonds is 11. The second-order valence-corrected chi connectivity index (χ2v) is 5.33. The Labute approximate surface area is 141 Å². The second kappa shape index (κ2) is 10.5. The molecule has 1 N–H and O–H groups in total. The smallest absolute Gasteiger partial charge is 0.329 e. The Kier molecular flexibility index (Phi) is 7.97. The first kappa shape index (κ1) is 18.1. The molecular weight excluding hydrogens is 308 g/mol. The molecule has 0 radical (unpaired) electrons. The molecule has 0 saturated heterocycles. The summed E-state index contributed by atoms with van der Waals surface area (Å²) >= 11 is 0. The first-order valence-corrected chi connectivity index (χ1v) is 7.81. The summed E-state index contributed by atoms with van der Waals surface area (Å²) in [6.07, 6.45) is -0.423. The number of hydrogen-bond acceptors (Lipinski definition) is 4. The number of hydrogen-bond donors (Lipinski definition) is 1. The third kappa shape index (κ3) is 7.37. The summed E-state index contributed by atoms with van der Waals surface area (Å²) in [5.41, 5.74) is 2.11. The first-order valence-electron chi connectivity index (χ1n) is 7.81. The van der Waals surface area contributed by atoms with Crippen LogP contribution in [0.4, 0.5) is 0 Å². The van der Waals surface area contributed by atoms with Crippen molar-refractivity contribution in [3.63, 3.8) is 0 Å². The van der Waals surface area contributed by atoms with Crippen molar-refractivity contribution in [2.75, 3.05) is 19.8 Å². The normalized spacial score (nSPS) is 10.9. The van der Waals surface area contributed by atoms with E-state index in [-0.39, 0.29) is 19.8 Å². The molecule has 0 amide bonds. The van der Waals surface area contributed by atoms with Crippen molar-refractivity contribution in [2.24, 2.45) is 0 Å². The van der Waals surface area contributed by atoms with E-state index in [1.54, 1.807) is 0 Å². The van der Waals surface area contributed by atoms with Crippen LogP contribution in [0.3, 0.4) is 0 Å². The summed E-state index contributed by atoms with van der Waals surface area (Å²) in [5.74, 6) is -1.01. The molecule has 0 fully saturated rings. The van der Waals surface area contributed by atoms with Crippen LogP contribution in [-0.4, -0.2) is 37.0 Å². The molecule has 24 heavy (non-hydrogen) atoms. The zero-order chi connectivity index (χ0) is 17.0. The maximum Gasteiger partial charge on any atom is 0.329 e. The van der Waals surface area contributed by atoms with Crippen LogP contribution in [-0.2, 0) is 32.2 Å². The summed E-state index contributed by atoms with van der Waals surface area (Å²) in [5, 5.41) is 8.76. The Balaban J connectivity index is 1.74. The Morgan fingerprint density at radius 3 is 1.71 bits per heavy atom. The van der Waals surface area contributed by atoms with Gasteiger partial charge in [0.2, 0.25) is 0 Å². The second-order valence-electron chi connectivity index (χ2n) is 5.33. The Bertz CT molecular complexity index is 540. The molecule has 0 aromatic heterocycles. The van der Waals surface area contributed by atoms with Crippen LogP contribution in [0.25, 0.3) is 0 Å². The topological polar surface area (TPSA) is 65.0 Å². The van der Waals surface area contributed by atoms with Gasteiger partial charge in [0.05, 0.1) is 26.4 Å². The predicted octanol–water partition coefficient (Wildman–Crippen LogP) is 2.89. The standard InChI is InChI=1S/C19H22O5/c20-19(21)15-24-18(13-22-11-16-7-3-1-4-8-16)14-23-12-17-9-5-2-6-10-17/h1-10,18H,11-15H2,(H,20,21). The van der Waals surface area contributed by atoms with Crippen LogP contribution in [0.2, 0.25) is 0 Å². The molecule has 2 aromatic carbocycles. The molecule has 0 spiro atoms. The molecule has 2 rings (SSSR count). The average Bonchev–Trinajstić information content (AvgIpc) is 2.61. The Morgan fingerprint density at radius 2 is 1.29 bits per heavy atom. The fourth-order valence-corrected chi connectivity index (χ4v) is 2.10. The number of aliphatic carboxylic acids is 1. The van der Waals surface area contributed by atoms with Crippen molar-refractivity contribution in [1.82, 2.24) is 0 Å². The van der Waals surface area contributed by atoms with Crippen LogP contribution < -0.4 is 0 Å². The SMILES string of the molecule is O=C(O)COC(COCc1ccccc1)COCc1ccccc1. The highest BCUT2D eigenvalue weighted by atomic mass is 16.6. The van der Waals surface area contributed by atoms with Crippen molar-refractivity contribution < 1.29 is 24.1 Å². The third-order valence-corrected chi connectivity index (χ3v) is 3.27. The largest absolute Gasteiger partial charge is 0.480 e. The van der Waals surface area contributed by atoms with Gasteiger partial charge in [-0.1, -0.05) is 60.7 Å².